The highest BCUT2D eigenvalue weighted by Gasteiger charge is 2.34. The van der Waals surface area contributed by atoms with E-state index in [4.69, 9.17) is 0 Å². The van der Waals surface area contributed by atoms with Crippen molar-refractivity contribution in [3.05, 3.63) is 29.8 Å². The first-order valence-electron chi connectivity index (χ1n) is 9.49. The summed E-state index contributed by atoms with van der Waals surface area (Å²) >= 11 is 0. The Bertz CT molecular complexity index is 558. The molecule has 0 aliphatic carbocycles. The molecule has 1 aromatic carbocycles. The number of halogens is 2. The van der Waals surface area contributed by atoms with Crippen molar-refractivity contribution in [2.24, 2.45) is 5.92 Å². The molecule has 2 atom stereocenters. The molecule has 2 saturated heterocycles. The average molecular weight is 402 g/mol. The summed E-state index contributed by atoms with van der Waals surface area (Å²) in [6.07, 6.45) is 5.64. The molecule has 2 fully saturated rings. The van der Waals surface area contributed by atoms with Gasteiger partial charge in [0.15, 0.2) is 0 Å². The van der Waals surface area contributed by atoms with Gasteiger partial charge in [0, 0.05) is 43.8 Å². The van der Waals surface area contributed by atoms with Gasteiger partial charge in [0.05, 0.1) is 0 Å². The number of nitrogens with zero attached hydrogens (tertiary/aromatic N) is 1. The van der Waals surface area contributed by atoms with E-state index < -0.39 is 0 Å². The second kappa shape index (κ2) is 11.0. The first-order chi connectivity index (χ1) is 11.7. The lowest BCUT2D eigenvalue weighted by atomic mass is 9.89. The van der Waals surface area contributed by atoms with Crippen LogP contribution >= 0.6 is 24.8 Å². The van der Waals surface area contributed by atoms with Gasteiger partial charge in [-0.25, -0.2) is 0 Å². The molecule has 0 saturated carbocycles. The second-order valence-electron chi connectivity index (χ2n) is 7.40. The minimum absolute atomic E-state index is 0. The van der Waals surface area contributed by atoms with Crippen LogP contribution in [0, 0.1) is 12.8 Å². The minimum Gasteiger partial charge on any atom is -0.370 e. The summed E-state index contributed by atoms with van der Waals surface area (Å²) in [6.45, 7) is 6.85. The lowest BCUT2D eigenvalue weighted by Gasteiger charge is -2.29. The molecule has 1 amide bonds. The first-order valence-corrected chi connectivity index (χ1v) is 9.49. The minimum atomic E-state index is 0. The number of amides is 1. The number of carbonyl (C=O) groups excluding carboxylic acids is 1. The van der Waals surface area contributed by atoms with Gasteiger partial charge in [0.25, 0.3) is 0 Å². The quantitative estimate of drug-likeness (QED) is 0.731. The third kappa shape index (κ3) is 6.04. The third-order valence-corrected chi connectivity index (χ3v) is 5.59. The molecule has 26 heavy (non-hydrogen) atoms. The summed E-state index contributed by atoms with van der Waals surface area (Å²) < 4.78 is 0. The van der Waals surface area contributed by atoms with Crippen molar-refractivity contribution in [2.75, 3.05) is 24.5 Å². The number of hydrogen-bond acceptors (Lipinski definition) is 3. The largest absolute Gasteiger partial charge is 0.370 e. The fourth-order valence-corrected chi connectivity index (χ4v) is 4.37. The summed E-state index contributed by atoms with van der Waals surface area (Å²) in [5.74, 6) is 0.796. The van der Waals surface area contributed by atoms with Crippen molar-refractivity contribution in [1.82, 2.24) is 10.6 Å². The fraction of sp³-hybridized carbons (Fsp3) is 0.650. The molecule has 148 valence electrons. The highest BCUT2D eigenvalue weighted by molar-refractivity contribution is 5.85. The lowest BCUT2D eigenvalue weighted by Crippen LogP contribution is -2.40. The summed E-state index contributed by atoms with van der Waals surface area (Å²) in [5.41, 5.74) is 2.56. The third-order valence-electron chi connectivity index (χ3n) is 5.59. The summed E-state index contributed by atoms with van der Waals surface area (Å²) in [7, 11) is 0. The zero-order valence-corrected chi connectivity index (χ0v) is 17.5. The topological polar surface area (TPSA) is 44.4 Å². The van der Waals surface area contributed by atoms with Crippen LogP contribution in [0.3, 0.4) is 0 Å². The van der Waals surface area contributed by atoms with E-state index in [-0.39, 0.29) is 30.7 Å². The zero-order chi connectivity index (χ0) is 16.9. The number of fused-ring (bicyclic) bond motifs is 2. The lowest BCUT2D eigenvalue weighted by molar-refractivity contribution is -0.122. The van der Waals surface area contributed by atoms with Crippen LogP contribution in [0.15, 0.2) is 24.3 Å². The monoisotopic (exact) mass is 401 g/mol. The maximum absolute atomic E-state index is 12.3. The molecule has 0 radical (unpaired) electrons. The molecule has 2 heterocycles. The number of hydrogen-bond donors (Lipinski definition) is 2. The van der Waals surface area contributed by atoms with Crippen molar-refractivity contribution in [3.63, 3.8) is 0 Å². The molecule has 2 aliphatic heterocycles. The van der Waals surface area contributed by atoms with E-state index in [0.717, 1.165) is 19.6 Å². The van der Waals surface area contributed by atoms with E-state index in [0.29, 0.717) is 24.4 Å². The van der Waals surface area contributed by atoms with Crippen molar-refractivity contribution in [3.8, 4) is 0 Å². The van der Waals surface area contributed by atoms with Gasteiger partial charge in [-0.15, -0.1) is 24.8 Å². The van der Waals surface area contributed by atoms with E-state index in [1.165, 1.54) is 36.9 Å². The Hall–Kier alpha value is -0.970. The number of nitrogens with one attached hydrogen (secondary N) is 2. The average Bonchev–Trinajstić information content (AvgIpc) is 2.91. The molecule has 4 nitrogen and oxygen atoms in total. The van der Waals surface area contributed by atoms with Crippen LogP contribution in [0.1, 0.15) is 44.6 Å². The number of para-hydroxylation sites is 1. The van der Waals surface area contributed by atoms with E-state index in [2.05, 4.69) is 53.6 Å². The molecular weight excluding hydrogens is 369 g/mol. The zero-order valence-electron chi connectivity index (χ0n) is 15.9. The van der Waals surface area contributed by atoms with Crippen LogP contribution in [-0.4, -0.2) is 37.6 Å². The summed E-state index contributed by atoms with van der Waals surface area (Å²) in [5, 5.41) is 6.78. The number of anilines is 1. The number of likely N-dealkylation sites (N-methyl/N-ethyl adjacent to an activating group) is 1. The van der Waals surface area contributed by atoms with Gasteiger partial charge in [-0.2, -0.15) is 0 Å². The van der Waals surface area contributed by atoms with E-state index in [1.54, 1.807) is 0 Å². The number of carbonyl (C=O) groups is 1. The molecule has 2 bridgehead atoms. The van der Waals surface area contributed by atoms with Gasteiger partial charge < -0.3 is 15.5 Å². The first kappa shape index (κ1) is 23.1. The van der Waals surface area contributed by atoms with Crippen LogP contribution in [0.2, 0.25) is 0 Å². The maximum atomic E-state index is 12.3. The number of rotatable bonds is 7. The molecule has 2 N–H and O–H groups in total. The molecule has 3 rings (SSSR count). The van der Waals surface area contributed by atoms with Crippen molar-refractivity contribution < 1.29 is 4.79 Å². The SMILES string of the molecule is CCN(CCNC(=O)CC1CC2CCC(C1)N2)c1ccccc1C.Cl.Cl. The Morgan fingerprint density at radius 2 is 1.85 bits per heavy atom. The number of piperidine rings is 1. The van der Waals surface area contributed by atoms with Gasteiger partial charge in [0.2, 0.25) is 5.91 Å². The number of aryl methyl sites for hydroxylation is 1. The van der Waals surface area contributed by atoms with Crippen molar-refractivity contribution in [1.29, 1.82) is 0 Å². The van der Waals surface area contributed by atoms with Gasteiger partial charge in [-0.1, -0.05) is 18.2 Å². The number of benzene rings is 1. The maximum Gasteiger partial charge on any atom is 0.220 e. The smallest absolute Gasteiger partial charge is 0.220 e. The van der Waals surface area contributed by atoms with Gasteiger partial charge in [0.1, 0.15) is 0 Å². The molecule has 2 aliphatic rings. The summed E-state index contributed by atoms with van der Waals surface area (Å²) in [6, 6.07) is 9.78. The van der Waals surface area contributed by atoms with Crippen LogP contribution in [0.5, 0.6) is 0 Å². The molecular formula is C20H33Cl2N3O. The molecule has 1 aromatic rings. The Balaban J connectivity index is 0.00000169. The Kier molecular flexibility index (Phi) is 9.77. The van der Waals surface area contributed by atoms with Crippen LogP contribution < -0.4 is 15.5 Å². The van der Waals surface area contributed by atoms with Crippen LogP contribution in [0.25, 0.3) is 0 Å². The van der Waals surface area contributed by atoms with E-state index in [9.17, 15) is 4.79 Å². The molecule has 0 aromatic heterocycles. The van der Waals surface area contributed by atoms with Gasteiger partial charge >= 0.3 is 0 Å². The fourth-order valence-electron chi connectivity index (χ4n) is 4.37. The predicted octanol–water partition coefficient (Wildman–Crippen LogP) is 3.70. The summed E-state index contributed by atoms with van der Waals surface area (Å²) in [4.78, 5) is 14.6. The van der Waals surface area contributed by atoms with Crippen LogP contribution in [-0.2, 0) is 4.79 Å². The van der Waals surface area contributed by atoms with Crippen LogP contribution in [0.4, 0.5) is 5.69 Å². The van der Waals surface area contributed by atoms with E-state index >= 15 is 0 Å². The Morgan fingerprint density at radius 1 is 1.19 bits per heavy atom. The second-order valence-corrected chi connectivity index (χ2v) is 7.40. The van der Waals surface area contributed by atoms with Gasteiger partial charge in [-0.05, 0) is 57.1 Å². The van der Waals surface area contributed by atoms with E-state index in [1.807, 2.05) is 0 Å². The van der Waals surface area contributed by atoms with Crippen molar-refractivity contribution in [2.45, 2.75) is 58.0 Å². The highest BCUT2D eigenvalue weighted by Crippen LogP contribution is 2.32. The van der Waals surface area contributed by atoms with Crippen molar-refractivity contribution >= 4 is 36.4 Å². The standard InChI is InChI=1S/C20H31N3O.2ClH/c1-3-23(19-7-5-4-6-15(19)2)11-10-21-20(24)14-16-12-17-8-9-18(13-16)22-17;;/h4-7,16-18,22H,3,8-14H2,1-2H3,(H,21,24);2*1H. The molecule has 0 spiro atoms. The Labute approximate surface area is 170 Å². The van der Waals surface area contributed by atoms with Gasteiger partial charge in [-0.3, -0.25) is 4.79 Å². The predicted molar refractivity (Wildman–Crippen MR) is 114 cm³/mol. The molecule has 6 heteroatoms. The normalized spacial score (nSPS) is 23.5. The highest BCUT2D eigenvalue weighted by atomic mass is 35.5. The Morgan fingerprint density at radius 3 is 2.46 bits per heavy atom. The molecule has 2 unspecified atom stereocenters.